The lowest BCUT2D eigenvalue weighted by Gasteiger charge is -2.45. The van der Waals surface area contributed by atoms with Crippen LogP contribution in [0.15, 0.2) is 54.6 Å². The molecule has 3 saturated heterocycles. The van der Waals surface area contributed by atoms with Crippen LogP contribution in [0, 0.1) is 5.92 Å². The summed E-state index contributed by atoms with van der Waals surface area (Å²) in [6, 6.07) is 14.3. The fraction of sp³-hybridized carbons (Fsp3) is 0.610. The summed E-state index contributed by atoms with van der Waals surface area (Å²) in [6.07, 6.45) is -14.9. The van der Waals surface area contributed by atoms with E-state index in [1.807, 2.05) is 0 Å². The van der Waals surface area contributed by atoms with Gasteiger partial charge in [-0.25, -0.2) is 4.79 Å². The van der Waals surface area contributed by atoms with Gasteiger partial charge in [0, 0.05) is 38.4 Å². The molecule has 2 aromatic carbocycles. The molecule has 0 aliphatic carbocycles. The summed E-state index contributed by atoms with van der Waals surface area (Å²) in [4.78, 5) is 52.1. The highest BCUT2D eigenvalue weighted by atomic mass is 16.8. The normalized spacial score (nSPS) is 32.4. The maximum atomic E-state index is 13.0. The minimum Gasteiger partial charge on any atom is -0.462 e. The number of aliphatic hydroxyl groups is 5. The summed E-state index contributed by atoms with van der Waals surface area (Å²) in [7, 11) is 0. The molecule has 3 aliphatic rings. The molecule has 0 aromatic heterocycles. The molecule has 2 amide bonds. The molecule has 0 radical (unpaired) electrons. The van der Waals surface area contributed by atoms with Gasteiger partial charge >= 0.3 is 11.9 Å². The average Bonchev–Trinajstić information content (AvgIpc) is 3.22. The lowest BCUT2D eigenvalue weighted by Crippen LogP contribution is -2.64. The SMILES string of the molecule is CC(=O)O[C@@H]1CCN[C@H](c2ccc(O[C@@H]3O[C@@H](C)[C@H](O)[C@@H](O)[C@H]3O[C@@H]3O[C@H](COC(=O)c4ccccc4)[C@@H](O)[C@H](O)[C@H]3O)cc2)CC(=O)NCCCN(C(=O)C(C)C)C1. The number of carbonyl (C=O) groups excluding carboxylic acids is 4. The fourth-order valence-electron chi connectivity index (χ4n) is 7.10. The zero-order valence-corrected chi connectivity index (χ0v) is 33.6. The third-order valence-corrected chi connectivity index (χ3v) is 10.4. The quantitative estimate of drug-likeness (QED) is 0.155. The van der Waals surface area contributed by atoms with Gasteiger partial charge in [-0.05, 0) is 56.1 Å². The molecule has 7 N–H and O–H groups in total. The molecule has 0 unspecified atom stereocenters. The number of hydrogen-bond acceptors (Lipinski definition) is 16. The smallest absolute Gasteiger partial charge is 0.338 e. The zero-order chi connectivity index (χ0) is 42.8. The van der Waals surface area contributed by atoms with E-state index in [1.165, 1.54) is 26.0 Å². The molecule has 326 valence electrons. The van der Waals surface area contributed by atoms with E-state index in [2.05, 4.69) is 10.6 Å². The van der Waals surface area contributed by atoms with E-state index in [0.29, 0.717) is 32.5 Å². The number of nitrogens with one attached hydrogen (secondary N) is 2. The average molecular weight is 832 g/mol. The van der Waals surface area contributed by atoms with Crippen LogP contribution in [-0.4, -0.2) is 154 Å². The van der Waals surface area contributed by atoms with E-state index in [4.69, 9.17) is 28.4 Å². The van der Waals surface area contributed by atoms with E-state index in [0.717, 1.165) is 5.56 Å². The number of esters is 2. The molecule has 3 aliphatic heterocycles. The van der Waals surface area contributed by atoms with Crippen molar-refractivity contribution in [2.24, 2.45) is 5.92 Å². The molecule has 0 bridgehead atoms. The first-order valence-corrected chi connectivity index (χ1v) is 19.9. The molecule has 2 aromatic rings. The minimum absolute atomic E-state index is 0.0701. The molecule has 0 saturated carbocycles. The van der Waals surface area contributed by atoms with Crippen LogP contribution in [0.25, 0.3) is 0 Å². The number of aliphatic hydroxyl groups excluding tert-OH is 5. The zero-order valence-electron chi connectivity index (χ0n) is 33.6. The van der Waals surface area contributed by atoms with Crippen LogP contribution in [0.5, 0.6) is 5.75 Å². The molecule has 12 atom stereocenters. The Morgan fingerprint density at radius 3 is 2.27 bits per heavy atom. The first kappa shape index (κ1) is 45.8. The first-order chi connectivity index (χ1) is 28.1. The van der Waals surface area contributed by atoms with Crippen LogP contribution in [0.3, 0.4) is 0 Å². The Balaban J connectivity index is 1.27. The summed E-state index contributed by atoms with van der Waals surface area (Å²) in [6.45, 7) is 7.23. The van der Waals surface area contributed by atoms with E-state index in [9.17, 15) is 44.7 Å². The monoisotopic (exact) mass is 831 g/mol. The van der Waals surface area contributed by atoms with Gasteiger partial charge in [0.1, 0.15) is 55.1 Å². The lowest BCUT2D eigenvalue weighted by molar-refractivity contribution is -0.355. The van der Waals surface area contributed by atoms with Crippen molar-refractivity contribution in [2.75, 3.05) is 32.8 Å². The molecule has 3 heterocycles. The highest BCUT2D eigenvalue weighted by Gasteiger charge is 2.51. The van der Waals surface area contributed by atoms with Crippen molar-refractivity contribution >= 4 is 23.8 Å². The van der Waals surface area contributed by atoms with Gasteiger partial charge in [-0.3, -0.25) is 14.4 Å². The number of carbonyl (C=O) groups is 4. The second-order valence-electron chi connectivity index (χ2n) is 15.3. The van der Waals surface area contributed by atoms with Crippen molar-refractivity contribution in [1.82, 2.24) is 15.5 Å². The molecule has 18 heteroatoms. The van der Waals surface area contributed by atoms with Gasteiger partial charge < -0.3 is 69.5 Å². The topological polar surface area (TPSA) is 252 Å². The fourth-order valence-corrected chi connectivity index (χ4v) is 7.10. The molecule has 59 heavy (non-hydrogen) atoms. The van der Waals surface area contributed by atoms with Crippen LogP contribution in [-0.2, 0) is 38.1 Å². The number of ether oxygens (including phenoxy) is 6. The second kappa shape index (κ2) is 21.3. The van der Waals surface area contributed by atoms with Crippen molar-refractivity contribution < 1.29 is 73.1 Å². The first-order valence-electron chi connectivity index (χ1n) is 19.9. The van der Waals surface area contributed by atoms with Gasteiger partial charge in [0.15, 0.2) is 12.4 Å². The van der Waals surface area contributed by atoms with E-state index < -0.39 is 92.1 Å². The molecule has 3 fully saturated rings. The summed E-state index contributed by atoms with van der Waals surface area (Å²) in [5.41, 5.74) is 0.959. The Morgan fingerprint density at radius 1 is 0.881 bits per heavy atom. The number of amides is 2. The predicted octanol–water partition coefficient (Wildman–Crippen LogP) is -0.0711. The molecule has 5 rings (SSSR count). The number of rotatable bonds is 10. The number of benzene rings is 2. The Labute approximate surface area is 342 Å². The Morgan fingerprint density at radius 2 is 1.59 bits per heavy atom. The summed E-state index contributed by atoms with van der Waals surface area (Å²) < 4.78 is 34.5. The van der Waals surface area contributed by atoms with E-state index >= 15 is 0 Å². The minimum atomic E-state index is -1.83. The largest absolute Gasteiger partial charge is 0.462 e. The number of nitrogens with zero attached hydrogens (tertiary/aromatic N) is 1. The van der Waals surface area contributed by atoms with Crippen molar-refractivity contribution in [1.29, 1.82) is 0 Å². The highest BCUT2D eigenvalue weighted by molar-refractivity contribution is 5.89. The van der Waals surface area contributed by atoms with Crippen molar-refractivity contribution in [2.45, 2.75) is 121 Å². The van der Waals surface area contributed by atoms with Crippen molar-refractivity contribution in [3.8, 4) is 5.75 Å². The Hall–Kier alpha value is -4.24. The molecular weight excluding hydrogens is 774 g/mol. The van der Waals surface area contributed by atoms with Crippen LogP contribution < -0.4 is 15.4 Å². The van der Waals surface area contributed by atoms with Gasteiger partial charge in [-0.2, -0.15) is 0 Å². The Bertz CT molecular complexity index is 1680. The predicted molar refractivity (Wildman–Crippen MR) is 206 cm³/mol. The van der Waals surface area contributed by atoms with Gasteiger partial charge in [0.25, 0.3) is 0 Å². The van der Waals surface area contributed by atoms with Gasteiger partial charge in [-0.1, -0.05) is 44.2 Å². The van der Waals surface area contributed by atoms with Crippen LogP contribution in [0.1, 0.15) is 68.9 Å². The van der Waals surface area contributed by atoms with Crippen molar-refractivity contribution in [3.63, 3.8) is 0 Å². The van der Waals surface area contributed by atoms with Gasteiger partial charge in [0.05, 0.1) is 18.2 Å². The third-order valence-electron chi connectivity index (χ3n) is 10.4. The Kier molecular flexibility index (Phi) is 16.6. The van der Waals surface area contributed by atoms with Crippen LogP contribution >= 0.6 is 0 Å². The maximum absolute atomic E-state index is 13.0. The summed E-state index contributed by atoms with van der Waals surface area (Å²) >= 11 is 0. The standard InChI is InChI=1S/C41H57N3O15/c1-22(2)38(52)44-18-8-16-43-31(46)19-29(42-17-15-28(20-44)56-24(4)45)25-11-13-27(14-12-25)57-41-37(35(50)32(47)23(3)55-41)59-40-36(51)34(49)33(48)30(58-40)21-54-39(53)26-9-6-5-7-10-26/h5-7,9-14,22-23,28-30,32-37,40-42,47-51H,8,15-21H2,1-4H3,(H,43,46)/t23-,28+,29-,30+,32-,33+,34-,35+,36+,37+,40-,41-/m0/s1. The van der Waals surface area contributed by atoms with Crippen LogP contribution in [0.4, 0.5) is 0 Å². The molecule has 0 spiro atoms. The van der Waals surface area contributed by atoms with Crippen molar-refractivity contribution in [3.05, 3.63) is 65.7 Å². The third kappa shape index (κ3) is 12.4. The van der Waals surface area contributed by atoms with E-state index in [1.54, 1.807) is 61.2 Å². The summed E-state index contributed by atoms with van der Waals surface area (Å²) in [5, 5.41) is 60.2. The molecule has 18 nitrogen and oxygen atoms in total. The molecular formula is C41H57N3O15. The number of hydrogen-bond donors (Lipinski definition) is 7. The second-order valence-corrected chi connectivity index (χ2v) is 15.3. The van der Waals surface area contributed by atoms with Gasteiger partial charge in [0.2, 0.25) is 18.1 Å². The maximum Gasteiger partial charge on any atom is 0.338 e. The highest BCUT2D eigenvalue weighted by Crippen LogP contribution is 2.31. The lowest BCUT2D eigenvalue weighted by atomic mass is 9.97. The van der Waals surface area contributed by atoms with E-state index in [-0.39, 0.29) is 42.0 Å². The van der Waals surface area contributed by atoms with Gasteiger partial charge in [-0.15, -0.1) is 0 Å². The summed E-state index contributed by atoms with van der Waals surface area (Å²) in [5.74, 6) is -1.47. The van der Waals surface area contributed by atoms with Crippen LogP contribution in [0.2, 0.25) is 0 Å².